The summed E-state index contributed by atoms with van der Waals surface area (Å²) in [5.41, 5.74) is 2.61. The Hall–Kier alpha value is -2.46. The Morgan fingerprint density at radius 1 is 1.08 bits per heavy atom. The molecule has 0 N–H and O–H groups in total. The van der Waals surface area contributed by atoms with Gasteiger partial charge < -0.3 is 9.64 Å². The number of nitrogens with zero attached hydrogens (tertiary/aromatic N) is 1. The molecule has 4 nitrogen and oxygen atoms in total. The average Bonchev–Trinajstić information content (AvgIpc) is 2.67. The summed E-state index contributed by atoms with van der Waals surface area (Å²) < 4.78 is 5.64. The first-order chi connectivity index (χ1) is 12.1. The first-order valence-electron chi connectivity index (χ1n) is 8.71. The van der Waals surface area contributed by atoms with Crippen molar-refractivity contribution in [2.45, 2.75) is 26.4 Å². The third-order valence-electron chi connectivity index (χ3n) is 4.60. The van der Waals surface area contributed by atoms with E-state index in [2.05, 4.69) is 0 Å². The molecule has 1 heterocycles. The van der Waals surface area contributed by atoms with Crippen LogP contribution in [-0.2, 0) is 4.74 Å². The molecule has 0 saturated carbocycles. The highest BCUT2D eigenvalue weighted by molar-refractivity contribution is 6.15. The summed E-state index contributed by atoms with van der Waals surface area (Å²) in [6, 6.07) is 14.5. The van der Waals surface area contributed by atoms with Gasteiger partial charge in [0.05, 0.1) is 18.3 Å². The first-order valence-corrected chi connectivity index (χ1v) is 8.71. The number of ether oxygens (including phenoxy) is 1. The second-order valence-electron chi connectivity index (χ2n) is 6.39. The van der Waals surface area contributed by atoms with E-state index in [1.54, 1.807) is 41.3 Å². The van der Waals surface area contributed by atoms with Crippen LogP contribution in [0.1, 0.15) is 45.2 Å². The molecular weight excluding hydrogens is 314 g/mol. The number of amides is 1. The third kappa shape index (κ3) is 3.80. The van der Waals surface area contributed by atoms with Crippen LogP contribution in [0.25, 0.3) is 0 Å². The van der Waals surface area contributed by atoms with Crippen LogP contribution in [0.2, 0.25) is 0 Å². The van der Waals surface area contributed by atoms with Gasteiger partial charge in [0.15, 0.2) is 5.78 Å². The number of hydrogen-bond acceptors (Lipinski definition) is 3. The molecular formula is C21H23NO3. The van der Waals surface area contributed by atoms with E-state index in [0.29, 0.717) is 36.4 Å². The first kappa shape index (κ1) is 17.4. The number of morpholine rings is 1. The fraction of sp³-hybridized carbons (Fsp3) is 0.333. The monoisotopic (exact) mass is 337 g/mol. The van der Waals surface area contributed by atoms with Gasteiger partial charge in [-0.25, -0.2) is 0 Å². The summed E-state index contributed by atoms with van der Waals surface area (Å²) in [6.07, 6.45) is 0.936. The standard InChI is InChI=1S/C21H23NO3/c1-3-17-14-22(12-13-25-17)21(24)19-7-5-4-6-18(19)20(23)16-10-8-15(2)9-11-16/h4-11,17H,3,12-14H2,1-2H3/t17-/m1/s1. The predicted molar refractivity (Wildman–Crippen MR) is 97.0 cm³/mol. The third-order valence-corrected chi connectivity index (χ3v) is 4.60. The van der Waals surface area contributed by atoms with E-state index in [4.69, 9.17) is 4.74 Å². The largest absolute Gasteiger partial charge is 0.375 e. The van der Waals surface area contributed by atoms with E-state index in [1.165, 1.54) is 0 Å². The molecule has 0 unspecified atom stereocenters. The van der Waals surface area contributed by atoms with Gasteiger partial charge in [-0.2, -0.15) is 0 Å². The van der Waals surface area contributed by atoms with Crippen molar-refractivity contribution in [3.63, 3.8) is 0 Å². The maximum absolute atomic E-state index is 13.0. The normalized spacial score (nSPS) is 17.4. The Bertz CT molecular complexity index is 767. The van der Waals surface area contributed by atoms with Gasteiger partial charge in [0.1, 0.15) is 0 Å². The quantitative estimate of drug-likeness (QED) is 0.803. The van der Waals surface area contributed by atoms with Crippen LogP contribution in [0.3, 0.4) is 0 Å². The molecule has 0 spiro atoms. The summed E-state index contributed by atoms with van der Waals surface area (Å²) in [7, 11) is 0. The molecule has 1 saturated heterocycles. The number of carbonyl (C=O) groups is 2. The molecule has 0 radical (unpaired) electrons. The number of aryl methyl sites for hydroxylation is 1. The molecule has 25 heavy (non-hydrogen) atoms. The van der Waals surface area contributed by atoms with Gasteiger partial charge in [-0.3, -0.25) is 9.59 Å². The lowest BCUT2D eigenvalue weighted by Gasteiger charge is -2.32. The lowest BCUT2D eigenvalue weighted by atomic mass is 9.97. The molecule has 2 aromatic carbocycles. The minimum Gasteiger partial charge on any atom is -0.375 e. The highest BCUT2D eigenvalue weighted by atomic mass is 16.5. The lowest BCUT2D eigenvalue weighted by molar-refractivity contribution is -0.0226. The number of rotatable bonds is 4. The molecule has 1 fully saturated rings. The van der Waals surface area contributed by atoms with Gasteiger partial charge >= 0.3 is 0 Å². The van der Waals surface area contributed by atoms with Gasteiger partial charge in [-0.05, 0) is 19.4 Å². The van der Waals surface area contributed by atoms with E-state index >= 15 is 0 Å². The van der Waals surface area contributed by atoms with Crippen LogP contribution in [0.15, 0.2) is 48.5 Å². The Morgan fingerprint density at radius 3 is 2.44 bits per heavy atom. The van der Waals surface area contributed by atoms with Crippen molar-refractivity contribution in [1.82, 2.24) is 4.90 Å². The van der Waals surface area contributed by atoms with Crippen LogP contribution >= 0.6 is 0 Å². The predicted octanol–water partition coefficient (Wildman–Crippen LogP) is 3.48. The average molecular weight is 337 g/mol. The molecule has 1 atom stereocenters. The smallest absolute Gasteiger partial charge is 0.254 e. The van der Waals surface area contributed by atoms with Crippen LogP contribution in [-0.4, -0.2) is 42.4 Å². The zero-order valence-corrected chi connectivity index (χ0v) is 14.7. The van der Waals surface area contributed by atoms with Crippen molar-refractivity contribution in [2.75, 3.05) is 19.7 Å². The van der Waals surface area contributed by atoms with Crippen LogP contribution < -0.4 is 0 Å². The molecule has 0 aromatic heterocycles. The van der Waals surface area contributed by atoms with E-state index in [1.807, 2.05) is 26.0 Å². The van der Waals surface area contributed by atoms with Crippen LogP contribution in [0.4, 0.5) is 0 Å². The Labute approximate surface area is 148 Å². The summed E-state index contributed by atoms with van der Waals surface area (Å²) in [4.78, 5) is 27.7. The van der Waals surface area contributed by atoms with Crippen molar-refractivity contribution in [3.05, 3.63) is 70.8 Å². The van der Waals surface area contributed by atoms with Gasteiger partial charge in [0, 0.05) is 24.2 Å². The Balaban J connectivity index is 1.89. The topological polar surface area (TPSA) is 46.6 Å². The fourth-order valence-corrected chi connectivity index (χ4v) is 3.05. The van der Waals surface area contributed by atoms with Gasteiger partial charge in [0.25, 0.3) is 5.91 Å². The zero-order chi connectivity index (χ0) is 17.8. The maximum Gasteiger partial charge on any atom is 0.254 e. The highest BCUT2D eigenvalue weighted by Gasteiger charge is 2.27. The molecule has 1 aliphatic rings. The maximum atomic E-state index is 13.0. The van der Waals surface area contributed by atoms with Crippen molar-refractivity contribution >= 4 is 11.7 Å². The van der Waals surface area contributed by atoms with E-state index in [0.717, 1.165) is 12.0 Å². The Morgan fingerprint density at radius 2 is 1.76 bits per heavy atom. The highest BCUT2D eigenvalue weighted by Crippen LogP contribution is 2.19. The van der Waals surface area contributed by atoms with Gasteiger partial charge in [-0.15, -0.1) is 0 Å². The minimum absolute atomic E-state index is 0.0673. The second kappa shape index (κ2) is 7.62. The lowest BCUT2D eigenvalue weighted by Crippen LogP contribution is -2.45. The fourth-order valence-electron chi connectivity index (χ4n) is 3.05. The summed E-state index contributed by atoms with van der Waals surface area (Å²) >= 11 is 0. The van der Waals surface area contributed by atoms with E-state index in [-0.39, 0.29) is 17.8 Å². The molecule has 3 rings (SSSR count). The number of carbonyl (C=O) groups excluding carboxylic acids is 2. The number of benzene rings is 2. The van der Waals surface area contributed by atoms with Crippen molar-refractivity contribution < 1.29 is 14.3 Å². The molecule has 1 aliphatic heterocycles. The van der Waals surface area contributed by atoms with Crippen LogP contribution in [0, 0.1) is 6.92 Å². The number of ketones is 1. The molecule has 0 aliphatic carbocycles. The SMILES string of the molecule is CC[C@@H]1CN(C(=O)c2ccccc2C(=O)c2ccc(C)cc2)CCO1. The molecule has 2 aromatic rings. The van der Waals surface area contributed by atoms with Gasteiger partial charge in [0.2, 0.25) is 0 Å². The van der Waals surface area contributed by atoms with E-state index < -0.39 is 0 Å². The van der Waals surface area contributed by atoms with Crippen LogP contribution in [0.5, 0.6) is 0 Å². The molecule has 0 bridgehead atoms. The Kier molecular flexibility index (Phi) is 5.29. The number of hydrogen-bond donors (Lipinski definition) is 0. The summed E-state index contributed by atoms with van der Waals surface area (Å²) in [6.45, 7) is 5.70. The van der Waals surface area contributed by atoms with Crippen molar-refractivity contribution in [2.24, 2.45) is 0 Å². The van der Waals surface area contributed by atoms with Crippen molar-refractivity contribution in [1.29, 1.82) is 0 Å². The van der Waals surface area contributed by atoms with Gasteiger partial charge in [-0.1, -0.05) is 55.0 Å². The molecule has 130 valence electrons. The zero-order valence-electron chi connectivity index (χ0n) is 14.7. The minimum atomic E-state index is -0.121. The molecule has 4 heteroatoms. The summed E-state index contributed by atoms with van der Waals surface area (Å²) in [5.74, 6) is -0.220. The molecule has 1 amide bonds. The van der Waals surface area contributed by atoms with E-state index in [9.17, 15) is 9.59 Å². The second-order valence-corrected chi connectivity index (χ2v) is 6.39. The summed E-state index contributed by atoms with van der Waals surface area (Å²) in [5, 5.41) is 0. The van der Waals surface area contributed by atoms with Crippen molar-refractivity contribution in [3.8, 4) is 0 Å².